The van der Waals surface area contributed by atoms with E-state index in [2.05, 4.69) is 4.98 Å². The Morgan fingerprint density at radius 3 is 2.79 bits per heavy atom. The molecule has 3 heteroatoms. The van der Waals surface area contributed by atoms with Crippen LogP contribution in [0.4, 0.5) is 5.69 Å². The van der Waals surface area contributed by atoms with Gasteiger partial charge in [0.15, 0.2) is 0 Å². The second-order valence-corrected chi connectivity index (χ2v) is 4.48. The van der Waals surface area contributed by atoms with Gasteiger partial charge in [0.2, 0.25) is 0 Å². The van der Waals surface area contributed by atoms with Gasteiger partial charge in [0.1, 0.15) is 11.5 Å². The van der Waals surface area contributed by atoms with Crippen molar-refractivity contribution >= 4 is 16.6 Å². The highest BCUT2D eigenvalue weighted by atomic mass is 16.5. The van der Waals surface area contributed by atoms with Gasteiger partial charge < -0.3 is 10.5 Å². The van der Waals surface area contributed by atoms with Gasteiger partial charge >= 0.3 is 0 Å². The van der Waals surface area contributed by atoms with E-state index in [0.29, 0.717) is 0 Å². The van der Waals surface area contributed by atoms with Gasteiger partial charge in [-0.2, -0.15) is 0 Å². The van der Waals surface area contributed by atoms with Crippen LogP contribution in [0.15, 0.2) is 54.7 Å². The summed E-state index contributed by atoms with van der Waals surface area (Å²) in [5.41, 5.74) is 8.41. The van der Waals surface area contributed by atoms with Crippen LogP contribution < -0.4 is 10.5 Å². The van der Waals surface area contributed by atoms with Crippen molar-refractivity contribution < 1.29 is 4.74 Å². The smallest absolute Gasteiger partial charge is 0.130 e. The zero-order valence-electron chi connectivity index (χ0n) is 10.6. The Bertz CT molecular complexity index is 738. The molecule has 2 N–H and O–H groups in total. The number of pyridine rings is 1. The molecule has 0 bridgehead atoms. The molecule has 3 nitrogen and oxygen atoms in total. The van der Waals surface area contributed by atoms with Crippen LogP contribution in [0.1, 0.15) is 5.56 Å². The van der Waals surface area contributed by atoms with E-state index in [1.807, 2.05) is 55.5 Å². The van der Waals surface area contributed by atoms with Crippen molar-refractivity contribution in [2.24, 2.45) is 0 Å². The number of anilines is 1. The molecule has 2 aromatic carbocycles. The Kier molecular flexibility index (Phi) is 2.80. The van der Waals surface area contributed by atoms with Crippen LogP contribution in [0.3, 0.4) is 0 Å². The van der Waals surface area contributed by atoms with Gasteiger partial charge in [0.25, 0.3) is 0 Å². The molecule has 0 aliphatic carbocycles. The summed E-state index contributed by atoms with van der Waals surface area (Å²) in [5.74, 6) is 1.59. The number of nitrogen functional groups attached to an aromatic ring is 1. The van der Waals surface area contributed by atoms with Crippen LogP contribution in [0.25, 0.3) is 10.9 Å². The summed E-state index contributed by atoms with van der Waals surface area (Å²) in [6, 6.07) is 15.5. The van der Waals surface area contributed by atoms with Crippen LogP contribution in [0.5, 0.6) is 11.5 Å². The predicted molar refractivity (Wildman–Crippen MR) is 77.4 cm³/mol. The highest BCUT2D eigenvalue weighted by molar-refractivity contribution is 5.79. The molecule has 0 amide bonds. The minimum atomic E-state index is 0.741. The summed E-state index contributed by atoms with van der Waals surface area (Å²) in [7, 11) is 0. The van der Waals surface area contributed by atoms with E-state index in [4.69, 9.17) is 10.5 Å². The quantitative estimate of drug-likeness (QED) is 0.701. The maximum Gasteiger partial charge on any atom is 0.130 e. The van der Waals surface area contributed by atoms with E-state index in [0.717, 1.165) is 33.7 Å². The van der Waals surface area contributed by atoms with Gasteiger partial charge in [0.05, 0.1) is 5.52 Å². The van der Waals surface area contributed by atoms with Gasteiger partial charge in [-0.1, -0.05) is 6.07 Å². The van der Waals surface area contributed by atoms with E-state index < -0.39 is 0 Å². The third kappa shape index (κ3) is 2.36. The summed E-state index contributed by atoms with van der Waals surface area (Å²) in [4.78, 5) is 4.32. The number of ether oxygens (including phenoxy) is 1. The molecule has 0 saturated carbocycles. The number of nitrogens with two attached hydrogens (primary N) is 1. The summed E-state index contributed by atoms with van der Waals surface area (Å²) >= 11 is 0. The predicted octanol–water partition coefficient (Wildman–Crippen LogP) is 3.92. The van der Waals surface area contributed by atoms with E-state index in [-0.39, 0.29) is 0 Å². The molecule has 0 saturated heterocycles. The molecule has 0 fully saturated rings. The normalized spacial score (nSPS) is 10.6. The van der Waals surface area contributed by atoms with Gasteiger partial charge in [-0.25, -0.2) is 0 Å². The lowest BCUT2D eigenvalue weighted by molar-refractivity contribution is 0.479. The molecule has 0 spiro atoms. The summed E-state index contributed by atoms with van der Waals surface area (Å²) in [6.45, 7) is 1.98. The fraction of sp³-hybridized carbons (Fsp3) is 0.0625. The first kappa shape index (κ1) is 11.5. The van der Waals surface area contributed by atoms with Gasteiger partial charge in [-0.15, -0.1) is 0 Å². The van der Waals surface area contributed by atoms with Crippen LogP contribution in [-0.2, 0) is 0 Å². The van der Waals surface area contributed by atoms with Crippen molar-refractivity contribution in [3.8, 4) is 11.5 Å². The fourth-order valence-electron chi connectivity index (χ4n) is 2.02. The molecule has 3 aromatic rings. The Labute approximate surface area is 111 Å². The molecule has 0 aliphatic heterocycles. The Balaban J connectivity index is 1.96. The molecule has 0 radical (unpaired) electrons. The van der Waals surface area contributed by atoms with Crippen molar-refractivity contribution in [3.05, 3.63) is 60.3 Å². The van der Waals surface area contributed by atoms with Crippen LogP contribution >= 0.6 is 0 Å². The number of aryl methyl sites for hydroxylation is 1. The molecule has 94 valence electrons. The average Bonchev–Trinajstić information content (AvgIpc) is 2.42. The lowest BCUT2D eigenvalue weighted by atomic mass is 10.2. The summed E-state index contributed by atoms with van der Waals surface area (Å²) in [5, 5.41) is 1.10. The fourth-order valence-corrected chi connectivity index (χ4v) is 2.02. The average molecular weight is 250 g/mol. The highest BCUT2D eigenvalue weighted by Gasteiger charge is 2.03. The van der Waals surface area contributed by atoms with Gasteiger partial charge in [0, 0.05) is 23.3 Å². The molecule has 0 aliphatic rings. The van der Waals surface area contributed by atoms with E-state index in [1.54, 1.807) is 6.20 Å². The van der Waals surface area contributed by atoms with Gasteiger partial charge in [-0.3, -0.25) is 4.98 Å². The number of fused-ring (bicyclic) bond motifs is 1. The van der Waals surface area contributed by atoms with Crippen molar-refractivity contribution in [2.45, 2.75) is 6.92 Å². The molecular formula is C16H14N2O. The van der Waals surface area contributed by atoms with E-state index in [9.17, 15) is 0 Å². The Morgan fingerprint density at radius 1 is 1.05 bits per heavy atom. The largest absolute Gasteiger partial charge is 0.457 e. The van der Waals surface area contributed by atoms with Crippen molar-refractivity contribution in [3.63, 3.8) is 0 Å². The van der Waals surface area contributed by atoms with Crippen LogP contribution in [0, 0.1) is 6.92 Å². The highest BCUT2D eigenvalue weighted by Crippen LogP contribution is 2.28. The number of benzene rings is 2. The number of nitrogens with zero attached hydrogens (tertiary/aromatic N) is 1. The molecule has 1 heterocycles. The minimum absolute atomic E-state index is 0.741. The van der Waals surface area contributed by atoms with E-state index in [1.165, 1.54) is 0 Å². The molecule has 19 heavy (non-hydrogen) atoms. The first-order valence-electron chi connectivity index (χ1n) is 6.11. The second-order valence-electron chi connectivity index (χ2n) is 4.48. The summed E-state index contributed by atoms with van der Waals surface area (Å²) < 4.78 is 5.88. The van der Waals surface area contributed by atoms with E-state index >= 15 is 0 Å². The Hall–Kier alpha value is -2.55. The minimum Gasteiger partial charge on any atom is -0.457 e. The number of hydrogen-bond donors (Lipinski definition) is 1. The van der Waals surface area contributed by atoms with Gasteiger partial charge in [-0.05, 0) is 48.9 Å². The van der Waals surface area contributed by atoms with Crippen LogP contribution in [-0.4, -0.2) is 4.98 Å². The SMILES string of the molecule is Cc1cc(N)ccc1Oc1ccc2cccnc2c1. The Morgan fingerprint density at radius 2 is 1.95 bits per heavy atom. The third-order valence-corrected chi connectivity index (χ3v) is 3.00. The second kappa shape index (κ2) is 4.61. The number of aromatic nitrogens is 1. The number of rotatable bonds is 2. The first-order chi connectivity index (χ1) is 9.22. The lowest BCUT2D eigenvalue weighted by Gasteiger charge is -2.09. The first-order valence-corrected chi connectivity index (χ1v) is 6.11. The van der Waals surface area contributed by atoms with Crippen molar-refractivity contribution in [1.82, 2.24) is 4.98 Å². The maximum atomic E-state index is 5.88. The third-order valence-electron chi connectivity index (χ3n) is 3.00. The number of hydrogen-bond acceptors (Lipinski definition) is 3. The monoisotopic (exact) mass is 250 g/mol. The molecular weight excluding hydrogens is 236 g/mol. The molecule has 1 aromatic heterocycles. The molecule has 3 rings (SSSR count). The topological polar surface area (TPSA) is 48.1 Å². The van der Waals surface area contributed by atoms with Crippen LogP contribution in [0.2, 0.25) is 0 Å². The lowest BCUT2D eigenvalue weighted by Crippen LogP contribution is -1.91. The maximum absolute atomic E-state index is 5.88. The standard InChI is InChI=1S/C16H14N2O/c1-11-9-13(17)5-7-16(11)19-14-6-4-12-3-2-8-18-15(12)10-14/h2-10H,17H2,1H3. The zero-order valence-corrected chi connectivity index (χ0v) is 10.6. The van der Waals surface area contributed by atoms with Crippen molar-refractivity contribution in [1.29, 1.82) is 0 Å². The molecule has 0 atom stereocenters. The zero-order chi connectivity index (χ0) is 13.2. The summed E-state index contributed by atoms with van der Waals surface area (Å²) in [6.07, 6.45) is 1.78. The molecule has 0 unspecified atom stereocenters. The van der Waals surface area contributed by atoms with Crippen molar-refractivity contribution in [2.75, 3.05) is 5.73 Å².